The maximum atomic E-state index is 11.5. The summed E-state index contributed by atoms with van der Waals surface area (Å²) >= 11 is 0. The molecular formula is C29H49NO2. The molecule has 0 spiro atoms. The second-order valence-corrected chi connectivity index (χ2v) is 12.5. The Bertz CT molecular complexity index is 572. The van der Waals surface area contributed by atoms with E-state index in [4.69, 9.17) is 0 Å². The Morgan fingerprint density at radius 2 is 0.938 bits per heavy atom. The number of carbonyl (C=O) groups excluding carboxylic acids is 2. The summed E-state index contributed by atoms with van der Waals surface area (Å²) in [5.74, 6) is 4.47. The molecule has 0 radical (unpaired) electrons. The molecule has 3 nitrogen and oxygen atoms in total. The molecule has 0 aromatic heterocycles. The number of hydrogen-bond acceptors (Lipinski definition) is 3. The largest absolute Gasteiger partial charge is 0.303 e. The Balaban J connectivity index is 1.42. The van der Waals surface area contributed by atoms with E-state index in [-0.39, 0.29) is 11.8 Å². The summed E-state index contributed by atoms with van der Waals surface area (Å²) in [5.41, 5.74) is 0. The van der Waals surface area contributed by atoms with E-state index < -0.39 is 0 Å². The minimum absolute atomic E-state index is 0.266. The van der Waals surface area contributed by atoms with Crippen molar-refractivity contribution in [2.45, 2.75) is 129 Å². The fraction of sp³-hybridized carbons (Fsp3) is 0.931. The maximum absolute atomic E-state index is 11.5. The van der Waals surface area contributed by atoms with Gasteiger partial charge >= 0.3 is 0 Å². The first-order chi connectivity index (χ1) is 15.5. The molecule has 0 amide bonds. The third kappa shape index (κ3) is 5.50. The second kappa shape index (κ2) is 11.2. The summed E-state index contributed by atoms with van der Waals surface area (Å²) < 4.78 is 0. The van der Waals surface area contributed by atoms with E-state index >= 15 is 0 Å². The van der Waals surface area contributed by atoms with Crippen LogP contribution in [0.2, 0.25) is 0 Å². The van der Waals surface area contributed by atoms with Crippen LogP contribution < -0.4 is 0 Å². The fourth-order valence-corrected chi connectivity index (χ4v) is 8.25. The number of hydrogen-bond donors (Lipinski definition) is 0. The summed E-state index contributed by atoms with van der Waals surface area (Å²) in [7, 11) is 0. The molecule has 0 aromatic rings. The molecule has 3 heteroatoms. The van der Waals surface area contributed by atoms with Crippen LogP contribution in [0.15, 0.2) is 0 Å². The molecule has 0 heterocycles. The standard InChI is InChI=1S/C29H49NO2/c1-20-4-6-23(7-5-20)24-8-12-27(13-9-24)30(28-14-10-25(18-31)21(2)16-28)29-15-11-26(19-32)22(3)17-29/h18-29H,4-17H2,1-3H3. The Kier molecular flexibility index (Phi) is 8.51. The zero-order valence-electron chi connectivity index (χ0n) is 21.1. The van der Waals surface area contributed by atoms with Crippen molar-refractivity contribution in [3.8, 4) is 0 Å². The van der Waals surface area contributed by atoms with Crippen molar-refractivity contribution in [1.29, 1.82) is 0 Å². The lowest BCUT2D eigenvalue weighted by Crippen LogP contribution is -2.54. The van der Waals surface area contributed by atoms with Crippen LogP contribution in [0.1, 0.15) is 111 Å². The lowest BCUT2D eigenvalue weighted by atomic mass is 9.69. The molecule has 182 valence electrons. The third-order valence-electron chi connectivity index (χ3n) is 10.5. The van der Waals surface area contributed by atoms with Gasteiger partial charge in [-0.2, -0.15) is 0 Å². The Labute approximate surface area is 197 Å². The Morgan fingerprint density at radius 3 is 1.34 bits per heavy atom. The van der Waals surface area contributed by atoms with Crippen LogP contribution in [0.4, 0.5) is 0 Å². The Morgan fingerprint density at radius 1 is 0.531 bits per heavy atom. The molecule has 0 aromatic carbocycles. The van der Waals surface area contributed by atoms with Crippen molar-refractivity contribution in [3.63, 3.8) is 0 Å². The first kappa shape index (κ1) is 24.4. The summed E-state index contributed by atoms with van der Waals surface area (Å²) in [5, 5.41) is 0. The fourth-order valence-electron chi connectivity index (χ4n) is 8.25. The minimum Gasteiger partial charge on any atom is -0.303 e. The van der Waals surface area contributed by atoms with Gasteiger partial charge in [0.2, 0.25) is 0 Å². The van der Waals surface area contributed by atoms with Crippen LogP contribution in [-0.2, 0) is 9.59 Å². The van der Waals surface area contributed by atoms with Crippen molar-refractivity contribution in [2.75, 3.05) is 0 Å². The van der Waals surface area contributed by atoms with Gasteiger partial charge in [-0.15, -0.1) is 0 Å². The molecule has 0 saturated heterocycles. The highest BCUT2D eigenvalue weighted by Crippen LogP contribution is 2.44. The average molecular weight is 444 g/mol. The molecule has 6 unspecified atom stereocenters. The molecule has 6 atom stereocenters. The zero-order chi connectivity index (χ0) is 22.7. The topological polar surface area (TPSA) is 37.4 Å². The molecule has 0 bridgehead atoms. The zero-order valence-corrected chi connectivity index (χ0v) is 21.1. The smallest absolute Gasteiger partial charge is 0.123 e. The molecule has 4 rings (SSSR count). The van der Waals surface area contributed by atoms with Crippen LogP contribution in [0.5, 0.6) is 0 Å². The number of aldehydes is 2. The summed E-state index contributed by atoms with van der Waals surface area (Å²) in [6.45, 7) is 7.04. The Hall–Kier alpha value is -0.700. The van der Waals surface area contributed by atoms with Crippen LogP contribution >= 0.6 is 0 Å². The van der Waals surface area contributed by atoms with Gasteiger partial charge in [0.15, 0.2) is 0 Å². The highest BCUT2D eigenvalue weighted by Gasteiger charge is 2.41. The van der Waals surface area contributed by atoms with Gasteiger partial charge in [-0.05, 0) is 107 Å². The van der Waals surface area contributed by atoms with E-state index in [0.717, 1.165) is 36.6 Å². The predicted molar refractivity (Wildman–Crippen MR) is 131 cm³/mol. The quantitative estimate of drug-likeness (QED) is 0.430. The van der Waals surface area contributed by atoms with Gasteiger partial charge < -0.3 is 9.59 Å². The highest BCUT2D eigenvalue weighted by molar-refractivity contribution is 5.54. The van der Waals surface area contributed by atoms with Crippen LogP contribution in [0.3, 0.4) is 0 Å². The van der Waals surface area contributed by atoms with E-state index in [0.29, 0.717) is 23.9 Å². The van der Waals surface area contributed by atoms with Gasteiger partial charge in [-0.3, -0.25) is 4.90 Å². The molecule has 4 saturated carbocycles. The van der Waals surface area contributed by atoms with E-state index in [9.17, 15) is 9.59 Å². The van der Waals surface area contributed by atoms with Crippen molar-refractivity contribution in [3.05, 3.63) is 0 Å². The summed E-state index contributed by atoms with van der Waals surface area (Å²) in [6, 6.07) is 2.01. The predicted octanol–water partition coefficient (Wildman–Crippen LogP) is 6.68. The first-order valence-electron chi connectivity index (χ1n) is 14.2. The number of rotatable bonds is 6. The van der Waals surface area contributed by atoms with E-state index in [1.54, 1.807) is 0 Å². The highest BCUT2D eigenvalue weighted by atomic mass is 16.1. The van der Waals surface area contributed by atoms with Crippen LogP contribution in [-0.4, -0.2) is 35.6 Å². The summed E-state index contributed by atoms with van der Waals surface area (Å²) in [6.07, 6.45) is 20.8. The van der Waals surface area contributed by atoms with Gasteiger partial charge in [-0.1, -0.05) is 33.6 Å². The van der Waals surface area contributed by atoms with Gasteiger partial charge in [0.1, 0.15) is 12.6 Å². The molecule has 32 heavy (non-hydrogen) atoms. The lowest BCUT2D eigenvalue weighted by molar-refractivity contribution is -0.115. The molecule has 0 aliphatic heterocycles. The molecule has 4 fully saturated rings. The van der Waals surface area contributed by atoms with Gasteiger partial charge in [-0.25, -0.2) is 0 Å². The normalized spacial score (nSPS) is 46.0. The molecule has 4 aliphatic rings. The number of nitrogens with zero attached hydrogens (tertiary/aromatic N) is 1. The SMILES string of the molecule is CC1CCC(C2CCC(N(C3CCC(C=O)C(C)C3)C3CCC(C=O)C(C)C3)CC2)CC1. The van der Waals surface area contributed by atoms with Crippen LogP contribution in [0, 0.1) is 41.4 Å². The van der Waals surface area contributed by atoms with Crippen molar-refractivity contribution in [2.24, 2.45) is 41.4 Å². The lowest BCUT2D eigenvalue weighted by Gasteiger charge is -2.51. The minimum atomic E-state index is 0.266. The van der Waals surface area contributed by atoms with Gasteiger partial charge in [0.05, 0.1) is 0 Å². The van der Waals surface area contributed by atoms with Crippen LogP contribution in [0.25, 0.3) is 0 Å². The molecule has 4 aliphatic carbocycles. The van der Waals surface area contributed by atoms with E-state index in [1.165, 1.54) is 89.6 Å². The van der Waals surface area contributed by atoms with Crippen molar-refractivity contribution in [1.82, 2.24) is 4.90 Å². The van der Waals surface area contributed by atoms with Gasteiger partial charge in [0, 0.05) is 30.0 Å². The second-order valence-electron chi connectivity index (χ2n) is 12.5. The van der Waals surface area contributed by atoms with E-state index in [1.807, 2.05) is 0 Å². The third-order valence-corrected chi connectivity index (χ3v) is 10.5. The molecular weight excluding hydrogens is 394 g/mol. The number of carbonyl (C=O) groups is 2. The average Bonchev–Trinajstić information content (AvgIpc) is 2.81. The monoisotopic (exact) mass is 443 g/mol. The molecule has 0 N–H and O–H groups in total. The summed E-state index contributed by atoms with van der Waals surface area (Å²) in [4.78, 5) is 26.0. The van der Waals surface area contributed by atoms with Gasteiger partial charge in [0.25, 0.3) is 0 Å². The van der Waals surface area contributed by atoms with E-state index in [2.05, 4.69) is 25.7 Å². The van der Waals surface area contributed by atoms with Crippen molar-refractivity contribution < 1.29 is 9.59 Å². The van der Waals surface area contributed by atoms with Crippen molar-refractivity contribution >= 4 is 12.6 Å². The maximum Gasteiger partial charge on any atom is 0.123 e. The first-order valence-corrected chi connectivity index (χ1v) is 14.2.